The molecule has 0 unspecified atom stereocenters. The summed E-state index contributed by atoms with van der Waals surface area (Å²) < 4.78 is 5.96. The fourth-order valence-electron chi connectivity index (χ4n) is 1.08. The van der Waals surface area contributed by atoms with Crippen LogP contribution in [0.25, 0.3) is 17.7 Å². The van der Waals surface area contributed by atoms with Crippen molar-refractivity contribution in [1.29, 1.82) is 0 Å². The number of hydrogen-bond donors (Lipinski definition) is 1. The van der Waals surface area contributed by atoms with Crippen LogP contribution in [-0.2, 0) is 4.79 Å². The predicted octanol–water partition coefficient (Wildman–Crippen LogP) is 1.99. The molecule has 0 aliphatic heterocycles. The molecule has 0 aliphatic carbocycles. The first-order valence-electron chi connectivity index (χ1n) is 4.52. The Balaban J connectivity index is 2.30. The van der Waals surface area contributed by atoms with E-state index in [-0.39, 0.29) is 11.8 Å². The highest BCUT2D eigenvalue weighted by Gasteiger charge is 2.11. The van der Waals surface area contributed by atoms with Crippen LogP contribution in [0, 0.1) is 0 Å². The molecule has 2 heterocycles. The number of hydrogen-bond acceptors (Lipinski definition) is 5. The van der Waals surface area contributed by atoms with E-state index in [2.05, 4.69) is 31.1 Å². The van der Waals surface area contributed by atoms with Gasteiger partial charge >= 0.3 is 5.97 Å². The summed E-state index contributed by atoms with van der Waals surface area (Å²) in [7, 11) is 0. The predicted molar refractivity (Wildman–Crippen MR) is 61.9 cm³/mol. The topological polar surface area (TPSA) is 89.1 Å². The Kier molecular flexibility index (Phi) is 3.29. The zero-order valence-electron chi connectivity index (χ0n) is 8.37. The number of nitrogens with zero attached hydrogens (tertiary/aromatic N) is 3. The van der Waals surface area contributed by atoms with Crippen molar-refractivity contribution in [2.45, 2.75) is 0 Å². The Hall–Kier alpha value is -2.02. The fourth-order valence-corrected chi connectivity index (χ4v) is 1.51. The molecule has 7 heteroatoms. The van der Waals surface area contributed by atoms with Crippen molar-refractivity contribution in [1.82, 2.24) is 15.2 Å². The highest BCUT2D eigenvalue weighted by Crippen LogP contribution is 2.24. The van der Waals surface area contributed by atoms with Crippen LogP contribution in [0.3, 0.4) is 0 Å². The van der Waals surface area contributed by atoms with Crippen molar-refractivity contribution < 1.29 is 14.3 Å². The third-order valence-corrected chi connectivity index (χ3v) is 2.41. The first-order chi connectivity index (χ1) is 8.16. The van der Waals surface area contributed by atoms with Gasteiger partial charge in [-0.3, -0.25) is 0 Å². The van der Waals surface area contributed by atoms with Crippen LogP contribution in [-0.4, -0.2) is 26.3 Å². The monoisotopic (exact) mass is 295 g/mol. The van der Waals surface area contributed by atoms with E-state index >= 15 is 0 Å². The molecule has 0 fully saturated rings. The van der Waals surface area contributed by atoms with Gasteiger partial charge in [0.15, 0.2) is 0 Å². The van der Waals surface area contributed by atoms with Gasteiger partial charge < -0.3 is 9.52 Å². The van der Waals surface area contributed by atoms with Crippen molar-refractivity contribution >= 4 is 28.0 Å². The van der Waals surface area contributed by atoms with Crippen LogP contribution < -0.4 is 0 Å². The fraction of sp³-hybridized carbons (Fsp3) is 0. The van der Waals surface area contributed by atoms with Gasteiger partial charge in [-0.15, -0.1) is 10.2 Å². The standard InChI is InChI=1S/C10H6BrN3O3/c11-6-2-1-5-12-9(6)10-14-13-7(17-10)3-4-8(15)16/h1-5H,(H,15,16)/b4-3+. The quantitative estimate of drug-likeness (QED) is 0.871. The number of halogens is 1. The van der Waals surface area contributed by atoms with E-state index in [0.29, 0.717) is 5.69 Å². The second kappa shape index (κ2) is 4.88. The number of carboxylic acids is 1. The third kappa shape index (κ3) is 2.76. The maximum atomic E-state index is 10.3. The van der Waals surface area contributed by atoms with E-state index in [1.165, 1.54) is 6.08 Å². The molecule has 1 N–H and O–H groups in total. The van der Waals surface area contributed by atoms with E-state index in [1.807, 2.05) is 0 Å². The Morgan fingerprint density at radius 1 is 1.47 bits per heavy atom. The summed E-state index contributed by atoms with van der Waals surface area (Å²) in [4.78, 5) is 14.4. The van der Waals surface area contributed by atoms with Gasteiger partial charge in [-0.05, 0) is 28.1 Å². The molecular weight excluding hydrogens is 290 g/mol. The first kappa shape index (κ1) is 11.5. The lowest BCUT2D eigenvalue weighted by atomic mass is 10.3. The van der Waals surface area contributed by atoms with Gasteiger partial charge in [-0.1, -0.05) is 0 Å². The molecule has 0 aromatic carbocycles. The van der Waals surface area contributed by atoms with Crippen LogP contribution in [0.4, 0.5) is 0 Å². The maximum absolute atomic E-state index is 10.3. The van der Waals surface area contributed by atoms with Gasteiger partial charge in [0.1, 0.15) is 5.69 Å². The lowest BCUT2D eigenvalue weighted by molar-refractivity contribution is -0.131. The van der Waals surface area contributed by atoms with Crippen LogP contribution in [0.5, 0.6) is 0 Å². The first-order valence-corrected chi connectivity index (χ1v) is 5.31. The van der Waals surface area contributed by atoms with Gasteiger partial charge in [0.25, 0.3) is 5.89 Å². The molecular formula is C10H6BrN3O3. The molecule has 0 amide bonds. The SMILES string of the molecule is O=C(O)/C=C/c1nnc(-c2ncccc2Br)o1. The molecule has 0 bridgehead atoms. The van der Waals surface area contributed by atoms with Crippen molar-refractivity contribution in [3.63, 3.8) is 0 Å². The normalized spacial score (nSPS) is 10.9. The number of rotatable bonds is 3. The molecule has 2 rings (SSSR count). The van der Waals surface area contributed by atoms with Gasteiger partial charge in [0, 0.05) is 22.8 Å². The summed E-state index contributed by atoms with van der Waals surface area (Å²) in [6, 6.07) is 3.55. The Labute approximate surface area is 104 Å². The molecule has 0 radical (unpaired) electrons. The molecule has 0 saturated heterocycles. The minimum Gasteiger partial charge on any atom is -0.478 e. The molecule has 0 atom stereocenters. The summed E-state index contributed by atoms with van der Waals surface area (Å²) in [6.07, 6.45) is 3.73. The molecule has 17 heavy (non-hydrogen) atoms. The number of carboxylic acid groups (broad SMARTS) is 1. The van der Waals surface area contributed by atoms with Gasteiger partial charge in [0.05, 0.1) is 0 Å². The summed E-state index contributed by atoms with van der Waals surface area (Å²) >= 11 is 3.30. The molecule has 0 saturated carbocycles. The summed E-state index contributed by atoms with van der Waals surface area (Å²) in [5.74, 6) is -0.744. The second-order valence-electron chi connectivity index (χ2n) is 2.95. The van der Waals surface area contributed by atoms with Crippen LogP contribution in [0.1, 0.15) is 5.89 Å². The lowest BCUT2D eigenvalue weighted by Gasteiger charge is -1.95. The molecule has 6 nitrogen and oxygen atoms in total. The number of aliphatic carboxylic acids is 1. The van der Waals surface area contributed by atoms with Gasteiger partial charge in [0.2, 0.25) is 5.89 Å². The van der Waals surface area contributed by atoms with Crippen LogP contribution >= 0.6 is 15.9 Å². The minimum atomic E-state index is -1.08. The molecule has 0 aliphatic rings. The zero-order chi connectivity index (χ0) is 12.3. The number of aromatic nitrogens is 3. The molecule has 0 spiro atoms. The van der Waals surface area contributed by atoms with Crippen molar-refractivity contribution in [3.05, 3.63) is 34.8 Å². The average Bonchev–Trinajstić information content (AvgIpc) is 2.75. The van der Waals surface area contributed by atoms with E-state index in [9.17, 15) is 4.79 Å². The highest BCUT2D eigenvalue weighted by atomic mass is 79.9. The summed E-state index contributed by atoms with van der Waals surface area (Å²) in [5, 5.41) is 15.9. The van der Waals surface area contributed by atoms with E-state index in [4.69, 9.17) is 9.52 Å². The van der Waals surface area contributed by atoms with E-state index in [1.54, 1.807) is 18.3 Å². The largest absolute Gasteiger partial charge is 0.478 e. The van der Waals surface area contributed by atoms with Crippen LogP contribution in [0.15, 0.2) is 33.3 Å². The van der Waals surface area contributed by atoms with Crippen molar-refractivity contribution in [2.75, 3.05) is 0 Å². The Morgan fingerprint density at radius 2 is 2.29 bits per heavy atom. The zero-order valence-corrected chi connectivity index (χ0v) is 9.96. The van der Waals surface area contributed by atoms with Crippen molar-refractivity contribution in [2.24, 2.45) is 0 Å². The van der Waals surface area contributed by atoms with Crippen LogP contribution in [0.2, 0.25) is 0 Å². The summed E-state index contributed by atoms with van der Waals surface area (Å²) in [5.41, 5.74) is 0.509. The molecule has 86 valence electrons. The Bertz CT molecular complexity index is 580. The van der Waals surface area contributed by atoms with E-state index in [0.717, 1.165) is 10.5 Å². The summed E-state index contributed by atoms with van der Waals surface area (Å²) in [6.45, 7) is 0. The molecule has 2 aromatic rings. The van der Waals surface area contributed by atoms with Crippen molar-refractivity contribution in [3.8, 4) is 11.6 Å². The average molecular weight is 296 g/mol. The maximum Gasteiger partial charge on any atom is 0.328 e. The van der Waals surface area contributed by atoms with Gasteiger partial charge in [-0.25, -0.2) is 9.78 Å². The second-order valence-corrected chi connectivity index (χ2v) is 3.81. The number of pyridine rings is 1. The van der Waals surface area contributed by atoms with Gasteiger partial charge in [-0.2, -0.15) is 0 Å². The molecule has 2 aromatic heterocycles. The minimum absolute atomic E-state index is 0.111. The van der Waals surface area contributed by atoms with E-state index < -0.39 is 5.97 Å². The number of carbonyl (C=O) groups is 1. The Morgan fingerprint density at radius 3 is 3.00 bits per heavy atom. The smallest absolute Gasteiger partial charge is 0.328 e. The highest BCUT2D eigenvalue weighted by molar-refractivity contribution is 9.10. The third-order valence-electron chi connectivity index (χ3n) is 1.77. The lowest BCUT2D eigenvalue weighted by Crippen LogP contribution is -1.85.